The van der Waals surface area contributed by atoms with Gasteiger partial charge in [0.1, 0.15) is 5.56 Å². The number of anilines is 1. The summed E-state index contributed by atoms with van der Waals surface area (Å²) in [5.41, 5.74) is 2.16. The lowest BCUT2D eigenvalue weighted by atomic mass is 9.98. The van der Waals surface area contributed by atoms with E-state index in [9.17, 15) is 18.4 Å². The van der Waals surface area contributed by atoms with Crippen molar-refractivity contribution in [2.45, 2.75) is 6.92 Å². The molecule has 2 N–H and O–H groups in total. The summed E-state index contributed by atoms with van der Waals surface area (Å²) in [6.07, 6.45) is 1.53. The molecule has 136 valence electrons. The topological polar surface area (TPSA) is 79.3 Å². The van der Waals surface area contributed by atoms with Crippen LogP contribution in [-0.2, 0) is 0 Å². The van der Waals surface area contributed by atoms with Gasteiger partial charge in [-0.25, -0.2) is 13.6 Å². The monoisotopic (exact) mass is 368 g/mol. The third kappa shape index (κ3) is 3.82. The summed E-state index contributed by atoms with van der Waals surface area (Å²) in [5, 5.41) is 11.6. The number of carboxylic acid groups (broad SMARTS) is 1. The Balaban J connectivity index is 1.85. The minimum absolute atomic E-state index is 0.164. The highest BCUT2D eigenvalue weighted by molar-refractivity contribution is 6.04. The van der Waals surface area contributed by atoms with Gasteiger partial charge in [-0.1, -0.05) is 18.2 Å². The number of aromatic nitrogens is 1. The molecule has 0 unspecified atom stereocenters. The minimum atomic E-state index is -1.05. The molecule has 0 saturated heterocycles. The summed E-state index contributed by atoms with van der Waals surface area (Å²) in [7, 11) is 0. The van der Waals surface area contributed by atoms with E-state index in [2.05, 4.69) is 10.3 Å². The zero-order valence-corrected chi connectivity index (χ0v) is 14.2. The van der Waals surface area contributed by atoms with Gasteiger partial charge in [0, 0.05) is 5.69 Å². The average Bonchev–Trinajstić information content (AvgIpc) is 2.62. The second-order valence-electron chi connectivity index (χ2n) is 5.84. The van der Waals surface area contributed by atoms with Crippen molar-refractivity contribution in [1.82, 2.24) is 4.98 Å². The fourth-order valence-electron chi connectivity index (χ4n) is 2.62. The molecule has 0 aliphatic rings. The molecule has 1 aromatic heterocycles. The molecule has 1 amide bonds. The number of aryl methyl sites for hydroxylation is 1. The number of nitrogens with zero attached hydrogens (tertiary/aromatic N) is 1. The molecule has 3 rings (SSSR count). The Morgan fingerprint density at radius 1 is 1.00 bits per heavy atom. The second-order valence-corrected chi connectivity index (χ2v) is 5.84. The van der Waals surface area contributed by atoms with Gasteiger partial charge in [-0.05, 0) is 47.9 Å². The van der Waals surface area contributed by atoms with Crippen LogP contribution in [0.1, 0.15) is 26.3 Å². The fourth-order valence-corrected chi connectivity index (χ4v) is 2.62. The van der Waals surface area contributed by atoms with Crippen LogP contribution in [0.25, 0.3) is 11.1 Å². The number of aromatic carboxylic acids is 1. The summed E-state index contributed by atoms with van der Waals surface area (Å²) < 4.78 is 27.3. The van der Waals surface area contributed by atoms with Gasteiger partial charge in [-0.2, -0.15) is 0 Å². The molecule has 5 nitrogen and oxygen atoms in total. The van der Waals surface area contributed by atoms with Crippen LogP contribution < -0.4 is 5.32 Å². The molecule has 0 bridgehead atoms. The van der Waals surface area contributed by atoms with E-state index in [0.717, 1.165) is 29.1 Å². The lowest BCUT2D eigenvalue weighted by Crippen LogP contribution is -2.16. The highest BCUT2D eigenvalue weighted by atomic mass is 19.1. The predicted molar refractivity (Wildman–Crippen MR) is 95.7 cm³/mol. The Kier molecular flexibility index (Phi) is 4.94. The number of nitrogens with one attached hydrogen (secondary N) is 1. The van der Waals surface area contributed by atoms with Crippen molar-refractivity contribution in [2.75, 3.05) is 5.32 Å². The van der Waals surface area contributed by atoms with Gasteiger partial charge in [0.2, 0.25) is 0 Å². The van der Waals surface area contributed by atoms with E-state index in [1.54, 1.807) is 36.4 Å². The molecule has 0 atom stereocenters. The molecule has 3 aromatic rings. The number of amides is 1. The Morgan fingerprint density at radius 2 is 1.63 bits per heavy atom. The number of carbonyl (C=O) groups excluding carboxylic acids is 1. The van der Waals surface area contributed by atoms with E-state index in [-0.39, 0.29) is 5.56 Å². The zero-order valence-electron chi connectivity index (χ0n) is 14.2. The van der Waals surface area contributed by atoms with Crippen molar-refractivity contribution >= 4 is 17.6 Å². The number of benzene rings is 2. The van der Waals surface area contributed by atoms with Crippen LogP contribution in [0.4, 0.5) is 14.5 Å². The summed E-state index contributed by atoms with van der Waals surface area (Å²) in [4.78, 5) is 26.6. The molecule has 2 aromatic carbocycles. The first-order valence-corrected chi connectivity index (χ1v) is 7.91. The van der Waals surface area contributed by atoms with Gasteiger partial charge in [-0.3, -0.25) is 9.78 Å². The number of hydrogen-bond acceptors (Lipinski definition) is 3. The third-order valence-electron chi connectivity index (χ3n) is 4.02. The van der Waals surface area contributed by atoms with Crippen molar-refractivity contribution < 1.29 is 23.5 Å². The summed E-state index contributed by atoms with van der Waals surface area (Å²) in [6, 6.07) is 11.3. The third-order valence-corrected chi connectivity index (χ3v) is 4.02. The van der Waals surface area contributed by atoms with Crippen LogP contribution in [-0.4, -0.2) is 22.0 Å². The Bertz CT molecular complexity index is 1010. The summed E-state index contributed by atoms with van der Waals surface area (Å²) in [6.45, 7) is 1.85. The van der Waals surface area contributed by atoms with Crippen LogP contribution >= 0.6 is 0 Å². The second kappa shape index (κ2) is 7.33. The molecule has 0 aliphatic carbocycles. The smallest absolute Gasteiger partial charge is 0.335 e. The van der Waals surface area contributed by atoms with Crippen LogP contribution in [0.5, 0.6) is 0 Å². The van der Waals surface area contributed by atoms with Crippen molar-refractivity contribution in [3.05, 3.63) is 83.2 Å². The molecular weight excluding hydrogens is 354 g/mol. The van der Waals surface area contributed by atoms with Gasteiger partial charge in [0.15, 0.2) is 11.6 Å². The van der Waals surface area contributed by atoms with Crippen LogP contribution in [0.15, 0.2) is 54.9 Å². The quantitative estimate of drug-likeness (QED) is 0.720. The number of hydrogen-bond donors (Lipinski definition) is 2. The van der Waals surface area contributed by atoms with Crippen molar-refractivity contribution in [2.24, 2.45) is 0 Å². The zero-order chi connectivity index (χ0) is 19.6. The SMILES string of the molecule is Cc1ccc(C(=O)O)cc1-c1ccc(NC(=O)c2c(F)cncc2F)cc1. The maximum Gasteiger partial charge on any atom is 0.335 e. The lowest BCUT2D eigenvalue weighted by Gasteiger charge is -2.10. The number of carboxylic acids is 1. The molecule has 0 radical (unpaired) electrons. The molecule has 0 fully saturated rings. The number of carbonyl (C=O) groups is 2. The first-order chi connectivity index (χ1) is 12.9. The van der Waals surface area contributed by atoms with E-state index >= 15 is 0 Å². The van der Waals surface area contributed by atoms with Gasteiger partial charge in [0.25, 0.3) is 5.91 Å². The molecule has 7 heteroatoms. The normalized spacial score (nSPS) is 10.5. The molecule has 0 aliphatic heterocycles. The Hall–Kier alpha value is -3.61. The van der Waals surface area contributed by atoms with Crippen LogP contribution in [0, 0.1) is 18.6 Å². The molecular formula is C20H14F2N2O3. The number of rotatable bonds is 4. The van der Waals surface area contributed by atoms with E-state index in [0.29, 0.717) is 5.69 Å². The van der Waals surface area contributed by atoms with Gasteiger partial charge in [0.05, 0.1) is 18.0 Å². The van der Waals surface area contributed by atoms with Crippen LogP contribution in [0.2, 0.25) is 0 Å². The average molecular weight is 368 g/mol. The Labute approximate surface area is 153 Å². The van der Waals surface area contributed by atoms with E-state index in [4.69, 9.17) is 5.11 Å². The van der Waals surface area contributed by atoms with Crippen molar-refractivity contribution in [3.63, 3.8) is 0 Å². The molecule has 0 spiro atoms. The lowest BCUT2D eigenvalue weighted by molar-refractivity contribution is 0.0696. The van der Waals surface area contributed by atoms with E-state index in [1.165, 1.54) is 6.07 Å². The highest BCUT2D eigenvalue weighted by Gasteiger charge is 2.18. The number of halogens is 2. The first kappa shape index (κ1) is 18.2. The van der Waals surface area contributed by atoms with E-state index < -0.39 is 29.1 Å². The molecule has 27 heavy (non-hydrogen) atoms. The summed E-state index contributed by atoms with van der Waals surface area (Å²) >= 11 is 0. The van der Waals surface area contributed by atoms with Gasteiger partial charge < -0.3 is 10.4 Å². The van der Waals surface area contributed by atoms with Gasteiger partial charge in [-0.15, -0.1) is 0 Å². The number of pyridine rings is 1. The highest BCUT2D eigenvalue weighted by Crippen LogP contribution is 2.26. The fraction of sp³-hybridized carbons (Fsp3) is 0.0500. The summed E-state index contributed by atoms with van der Waals surface area (Å²) in [5.74, 6) is -4.05. The van der Waals surface area contributed by atoms with Gasteiger partial charge >= 0.3 is 5.97 Å². The maximum absolute atomic E-state index is 13.6. The van der Waals surface area contributed by atoms with E-state index in [1.807, 2.05) is 6.92 Å². The molecule has 0 saturated carbocycles. The van der Waals surface area contributed by atoms with Crippen molar-refractivity contribution in [3.8, 4) is 11.1 Å². The Morgan fingerprint density at radius 3 is 2.22 bits per heavy atom. The van der Waals surface area contributed by atoms with Crippen molar-refractivity contribution in [1.29, 1.82) is 0 Å². The minimum Gasteiger partial charge on any atom is -0.478 e. The van der Waals surface area contributed by atoms with Crippen LogP contribution in [0.3, 0.4) is 0 Å². The first-order valence-electron chi connectivity index (χ1n) is 7.91. The maximum atomic E-state index is 13.6. The standard InChI is InChI=1S/C20H14F2N2O3/c1-11-2-3-13(20(26)27)8-15(11)12-4-6-14(7-5-12)24-19(25)18-16(21)9-23-10-17(18)22/h2-10H,1H3,(H,24,25)(H,26,27). The largest absolute Gasteiger partial charge is 0.478 e. The molecule has 1 heterocycles. The predicted octanol–water partition coefficient (Wildman–Crippen LogP) is 4.29.